The largest absolute Gasteiger partial charge is 0.309 e. The molecule has 1 heteroatoms. The number of benzene rings is 13. The van der Waals surface area contributed by atoms with E-state index >= 15 is 0 Å². The van der Waals surface area contributed by atoms with Crippen molar-refractivity contribution in [2.45, 2.75) is 5.41 Å². The standard InChI is InChI=1S/C75H51N/c1-5-25-52(26-6-1)57-48-58(53-27-7-2-8-28-53)50-62(49-57)76(61-36-24-35-60(51-61)75(59-33-11-4-12-34-59)71-45-21-19-41-67(71)68-42-20-22-46-72(68)75)74-70-44-18-16-40-66(70)65-39-15-17-43-69(65)73(74)56-32-23-31-55(47-56)64-38-14-13-37-63(64)54-29-9-3-10-30-54/h1-51H. The van der Waals surface area contributed by atoms with Crippen molar-refractivity contribution in [3.05, 3.63) is 332 Å². The minimum Gasteiger partial charge on any atom is -0.309 e. The predicted octanol–water partition coefficient (Wildman–Crippen LogP) is 20.2. The number of rotatable bonds is 10. The SMILES string of the molecule is c1ccc(-c2cc(-c3ccccc3)cc(N(c3cccc(C4(c5ccccc5)c5ccccc5-c5ccccc54)c3)c3c(-c4cccc(-c5ccccc5-c5ccccc5)c4)c4ccccc4c4ccccc34)c2)cc1. The molecule has 1 nitrogen and oxygen atoms in total. The first-order chi connectivity index (χ1) is 37.7. The second-order valence-corrected chi connectivity index (χ2v) is 19.9. The second-order valence-electron chi connectivity index (χ2n) is 19.9. The summed E-state index contributed by atoms with van der Waals surface area (Å²) in [5, 5.41) is 4.77. The van der Waals surface area contributed by atoms with Gasteiger partial charge in [0.15, 0.2) is 0 Å². The maximum atomic E-state index is 2.59. The summed E-state index contributed by atoms with van der Waals surface area (Å²) >= 11 is 0. The fourth-order valence-electron chi connectivity index (χ4n) is 12.4. The molecule has 0 spiro atoms. The summed E-state index contributed by atoms with van der Waals surface area (Å²) < 4.78 is 0. The van der Waals surface area contributed by atoms with Gasteiger partial charge in [-0.3, -0.25) is 0 Å². The van der Waals surface area contributed by atoms with Gasteiger partial charge in [0, 0.05) is 22.3 Å². The Morgan fingerprint density at radius 2 is 0.632 bits per heavy atom. The van der Waals surface area contributed by atoms with Gasteiger partial charge in [0.05, 0.1) is 11.1 Å². The van der Waals surface area contributed by atoms with Crippen LogP contribution in [0.15, 0.2) is 309 Å². The van der Waals surface area contributed by atoms with Gasteiger partial charge < -0.3 is 4.90 Å². The molecule has 0 saturated heterocycles. The Morgan fingerprint density at radius 3 is 1.24 bits per heavy atom. The summed E-state index contributed by atoms with van der Waals surface area (Å²) in [6, 6.07) is 114. The van der Waals surface area contributed by atoms with Gasteiger partial charge in [-0.15, -0.1) is 0 Å². The van der Waals surface area contributed by atoms with Gasteiger partial charge in [0.25, 0.3) is 0 Å². The summed E-state index contributed by atoms with van der Waals surface area (Å²) in [6.45, 7) is 0. The molecule has 0 atom stereocenters. The van der Waals surface area contributed by atoms with E-state index in [1.165, 1.54) is 71.8 Å². The molecule has 76 heavy (non-hydrogen) atoms. The van der Waals surface area contributed by atoms with Crippen LogP contribution in [0.3, 0.4) is 0 Å². The average Bonchev–Trinajstić information content (AvgIpc) is 3.89. The molecule has 0 heterocycles. The van der Waals surface area contributed by atoms with E-state index in [9.17, 15) is 0 Å². The van der Waals surface area contributed by atoms with Crippen LogP contribution in [0.2, 0.25) is 0 Å². The average molecular weight is 966 g/mol. The highest BCUT2D eigenvalue weighted by Gasteiger charge is 2.46. The van der Waals surface area contributed by atoms with Crippen LogP contribution < -0.4 is 4.90 Å². The monoisotopic (exact) mass is 965 g/mol. The van der Waals surface area contributed by atoms with Gasteiger partial charge in [-0.1, -0.05) is 273 Å². The molecule has 0 unspecified atom stereocenters. The summed E-state index contributed by atoms with van der Waals surface area (Å²) in [5.41, 5.74) is 21.8. The Labute approximate surface area is 444 Å². The summed E-state index contributed by atoms with van der Waals surface area (Å²) in [6.07, 6.45) is 0. The smallest absolute Gasteiger partial charge is 0.0714 e. The lowest BCUT2D eigenvalue weighted by molar-refractivity contribution is 0.768. The molecule has 13 aromatic carbocycles. The van der Waals surface area contributed by atoms with Crippen LogP contribution in [0, 0.1) is 0 Å². The molecule has 0 bridgehead atoms. The van der Waals surface area contributed by atoms with Crippen LogP contribution in [0.25, 0.3) is 88.3 Å². The quantitative estimate of drug-likeness (QED) is 0.123. The molecular weight excluding hydrogens is 915 g/mol. The molecule has 1 aliphatic carbocycles. The van der Waals surface area contributed by atoms with Crippen molar-refractivity contribution in [3.8, 4) is 66.8 Å². The molecule has 1 aliphatic rings. The molecule has 0 aromatic heterocycles. The normalized spacial score (nSPS) is 12.3. The van der Waals surface area contributed by atoms with Crippen molar-refractivity contribution >= 4 is 38.6 Å². The molecule has 0 saturated carbocycles. The van der Waals surface area contributed by atoms with E-state index in [0.29, 0.717) is 0 Å². The topological polar surface area (TPSA) is 3.24 Å². The van der Waals surface area contributed by atoms with Gasteiger partial charge in [0.1, 0.15) is 0 Å². The Balaban J connectivity index is 1.11. The minimum absolute atomic E-state index is 0.605. The van der Waals surface area contributed by atoms with E-state index in [-0.39, 0.29) is 0 Å². The van der Waals surface area contributed by atoms with Crippen LogP contribution in [0.5, 0.6) is 0 Å². The van der Waals surface area contributed by atoms with Gasteiger partial charge in [-0.05, 0) is 136 Å². The highest BCUT2D eigenvalue weighted by Crippen LogP contribution is 2.58. The molecule has 0 amide bonds. The third-order valence-corrected chi connectivity index (χ3v) is 15.7. The third-order valence-electron chi connectivity index (χ3n) is 15.7. The lowest BCUT2D eigenvalue weighted by atomic mass is 9.67. The first-order valence-electron chi connectivity index (χ1n) is 26.3. The molecule has 0 fully saturated rings. The van der Waals surface area contributed by atoms with Crippen LogP contribution in [-0.4, -0.2) is 0 Å². The van der Waals surface area contributed by atoms with E-state index in [4.69, 9.17) is 0 Å². The fraction of sp³-hybridized carbons (Fsp3) is 0.0133. The van der Waals surface area contributed by atoms with Crippen molar-refractivity contribution < 1.29 is 0 Å². The predicted molar refractivity (Wildman–Crippen MR) is 321 cm³/mol. The van der Waals surface area contributed by atoms with E-state index in [1.54, 1.807) is 0 Å². The third kappa shape index (κ3) is 7.47. The van der Waals surface area contributed by atoms with Gasteiger partial charge >= 0.3 is 0 Å². The number of fused-ring (bicyclic) bond motifs is 6. The number of anilines is 3. The van der Waals surface area contributed by atoms with Crippen LogP contribution in [0.1, 0.15) is 22.3 Å². The maximum absolute atomic E-state index is 2.59. The molecule has 0 radical (unpaired) electrons. The summed E-state index contributed by atoms with van der Waals surface area (Å²) in [5.74, 6) is 0. The van der Waals surface area contributed by atoms with E-state index in [1.807, 2.05) is 0 Å². The van der Waals surface area contributed by atoms with Crippen LogP contribution in [-0.2, 0) is 5.41 Å². The summed E-state index contributed by atoms with van der Waals surface area (Å²) in [7, 11) is 0. The Kier molecular flexibility index (Phi) is 11.2. The first kappa shape index (κ1) is 44.8. The van der Waals surface area contributed by atoms with Crippen LogP contribution in [0.4, 0.5) is 17.1 Å². The zero-order valence-electron chi connectivity index (χ0n) is 41.9. The first-order valence-corrected chi connectivity index (χ1v) is 26.3. The lowest BCUT2D eigenvalue weighted by Gasteiger charge is -2.36. The number of hydrogen-bond acceptors (Lipinski definition) is 1. The molecule has 13 aromatic rings. The highest BCUT2D eigenvalue weighted by atomic mass is 15.1. The van der Waals surface area contributed by atoms with E-state index < -0.39 is 5.41 Å². The maximum Gasteiger partial charge on any atom is 0.0714 e. The van der Waals surface area contributed by atoms with Gasteiger partial charge in [0.2, 0.25) is 0 Å². The molecule has 356 valence electrons. The molecule has 0 N–H and O–H groups in total. The van der Waals surface area contributed by atoms with Crippen molar-refractivity contribution in [2.75, 3.05) is 4.90 Å². The second kappa shape index (κ2) is 18.9. The Hall–Kier alpha value is -9.82. The zero-order valence-corrected chi connectivity index (χ0v) is 41.9. The number of nitrogens with zero attached hydrogens (tertiary/aromatic N) is 1. The lowest BCUT2D eigenvalue weighted by Crippen LogP contribution is -2.28. The Morgan fingerprint density at radius 1 is 0.224 bits per heavy atom. The van der Waals surface area contributed by atoms with Crippen molar-refractivity contribution in [3.63, 3.8) is 0 Å². The zero-order chi connectivity index (χ0) is 50.4. The van der Waals surface area contributed by atoms with E-state index in [0.717, 1.165) is 55.8 Å². The molecule has 14 rings (SSSR count). The number of hydrogen-bond donors (Lipinski definition) is 0. The van der Waals surface area contributed by atoms with Crippen molar-refractivity contribution in [2.24, 2.45) is 0 Å². The van der Waals surface area contributed by atoms with Gasteiger partial charge in [-0.25, -0.2) is 0 Å². The molecular formula is C75H51N. The van der Waals surface area contributed by atoms with Crippen molar-refractivity contribution in [1.29, 1.82) is 0 Å². The van der Waals surface area contributed by atoms with Gasteiger partial charge in [-0.2, -0.15) is 0 Å². The highest BCUT2D eigenvalue weighted by molar-refractivity contribution is 6.22. The summed E-state index contributed by atoms with van der Waals surface area (Å²) in [4.78, 5) is 2.59. The van der Waals surface area contributed by atoms with Crippen LogP contribution >= 0.6 is 0 Å². The minimum atomic E-state index is -0.605. The van der Waals surface area contributed by atoms with E-state index in [2.05, 4.69) is 314 Å². The van der Waals surface area contributed by atoms with Crippen molar-refractivity contribution in [1.82, 2.24) is 0 Å². The fourth-order valence-corrected chi connectivity index (χ4v) is 12.4. The molecule has 0 aliphatic heterocycles. The Bertz CT molecular complexity index is 4170.